The van der Waals surface area contributed by atoms with E-state index in [1.807, 2.05) is 6.07 Å². The highest BCUT2D eigenvalue weighted by Gasteiger charge is 2.34. The second kappa shape index (κ2) is 11.0. The second-order valence-electron chi connectivity index (χ2n) is 9.15. The molecule has 0 bridgehead atoms. The quantitative estimate of drug-likeness (QED) is 0.208. The van der Waals surface area contributed by atoms with Crippen molar-refractivity contribution in [2.45, 2.75) is 19.2 Å². The van der Waals surface area contributed by atoms with Crippen molar-refractivity contribution in [1.29, 1.82) is 0 Å². The number of carbonyl (C=O) groups is 2. The maximum Gasteiger partial charge on any atom is 0.418 e. The SMILES string of the molecule is O=C(O)Cc1ccc(OCc2cccc(-c3c(C(=O)c4ccccc4)cnc4c(C(F)(F)F)cccc34)c2)cc1. The number of carbonyl (C=O) groups excluding carboxylic acids is 1. The average molecular weight is 542 g/mol. The van der Waals surface area contributed by atoms with Gasteiger partial charge < -0.3 is 9.84 Å². The zero-order valence-corrected chi connectivity index (χ0v) is 21.0. The zero-order valence-electron chi connectivity index (χ0n) is 21.0. The summed E-state index contributed by atoms with van der Waals surface area (Å²) in [6, 6.07) is 26.1. The van der Waals surface area contributed by atoms with E-state index in [2.05, 4.69) is 4.98 Å². The van der Waals surface area contributed by atoms with Crippen LogP contribution in [0.4, 0.5) is 13.2 Å². The van der Waals surface area contributed by atoms with Crippen LogP contribution in [-0.2, 0) is 24.0 Å². The smallest absolute Gasteiger partial charge is 0.418 e. The van der Waals surface area contributed by atoms with Crippen LogP contribution in [0.5, 0.6) is 5.75 Å². The molecule has 1 heterocycles. The molecule has 5 aromatic rings. The number of benzene rings is 4. The van der Waals surface area contributed by atoms with Gasteiger partial charge in [0.2, 0.25) is 0 Å². The Bertz CT molecular complexity index is 1700. The topological polar surface area (TPSA) is 76.5 Å². The van der Waals surface area contributed by atoms with E-state index in [9.17, 15) is 22.8 Å². The summed E-state index contributed by atoms with van der Waals surface area (Å²) in [5.41, 5.74) is 1.72. The van der Waals surface area contributed by atoms with Gasteiger partial charge in [-0.25, -0.2) is 0 Å². The van der Waals surface area contributed by atoms with Crippen molar-refractivity contribution in [2.75, 3.05) is 0 Å². The number of para-hydroxylation sites is 1. The lowest BCUT2D eigenvalue weighted by atomic mass is 9.90. The highest BCUT2D eigenvalue weighted by atomic mass is 19.4. The Kier molecular flexibility index (Phi) is 7.33. The van der Waals surface area contributed by atoms with Crippen LogP contribution >= 0.6 is 0 Å². The number of rotatable bonds is 8. The minimum Gasteiger partial charge on any atom is -0.489 e. The predicted molar refractivity (Wildman–Crippen MR) is 144 cm³/mol. The fourth-order valence-electron chi connectivity index (χ4n) is 4.54. The van der Waals surface area contributed by atoms with Gasteiger partial charge in [0.1, 0.15) is 12.4 Å². The van der Waals surface area contributed by atoms with Crippen LogP contribution in [0.25, 0.3) is 22.0 Å². The molecule has 1 N–H and O–H groups in total. The molecule has 0 unspecified atom stereocenters. The van der Waals surface area contributed by atoms with Crippen LogP contribution in [-0.4, -0.2) is 21.8 Å². The number of fused-ring (bicyclic) bond motifs is 1. The molecule has 0 aliphatic rings. The Morgan fingerprint density at radius 2 is 1.55 bits per heavy atom. The first-order chi connectivity index (χ1) is 19.2. The number of carboxylic acids is 1. The summed E-state index contributed by atoms with van der Waals surface area (Å²) in [5, 5.41) is 9.15. The molecule has 200 valence electrons. The van der Waals surface area contributed by atoms with Crippen LogP contribution in [0.2, 0.25) is 0 Å². The largest absolute Gasteiger partial charge is 0.489 e. The minimum atomic E-state index is -4.62. The molecule has 5 nitrogen and oxygen atoms in total. The second-order valence-corrected chi connectivity index (χ2v) is 9.15. The summed E-state index contributed by atoms with van der Waals surface area (Å²) in [6.07, 6.45) is -3.50. The lowest BCUT2D eigenvalue weighted by molar-refractivity contribution is -0.137. The number of aliphatic carboxylic acids is 1. The molecule has 40 heavy (non-hydrogen) atoms. The van der Waals surface area contributed by atoms with Gasteiger partial charge in [0, 0.05) is 28.3 Å². The monoisotopic (exact) mass is 541 g/mol. The van der Waals surface area contributed by atoms with Gasteiger partial charge in [0.15, 0.2) is 5.78 Å². The molecule has 0 saturated carbocycles. The molecule has 0 saturated heterocycles. The summed E-state index contributed by atoms with van der Waals surface area (Å²) in [4.78, 5) is 28.5. The summed E-state index contributed by atoms with van der Waals surface area (Å²) in [6.45, 7) is 0.144. The van der Waals surface area contributed by atoms with Gasteiger partial charge in [-0.15, -0.1) is 0 Å². The third-order valence-corrected chi connectivity index (χ3v) is 6.38. The van der Waals surface area contributed by atoms with Crippen LogP contribution in [0, 0.1) is 0 Å². The van der Waals surface area contributed by atoms with Gasteiger partial charge in [0.25, 0.3) is 0 Å². The van der Waals surface area contributed by atoms with Gasteiger partial charge in [-0.2, -0.15) is 13.2 Å². The number of hydrogen-bond acceptors (Lipinski definition) is 4. The summed E-state index contributed by atoms with van der Waals surface area (Å²) in [7, 11) is 0. The zero-order chi connectivity index (χ0) is 28.3. The van der Waals surface area contributed by atoms with Crippen molar-refractivity contribution in [3.8, 4) is 16.9 Å². The molecule has 0 aliphatic carbocycles. The van der Waals surface area contributed by atoms with Crippen molar-refractivity contribution in [2.24, 2.45) is 0 Å². The molecule has 5 rings (SSSR count). The highest BCUT2D eigenvalue weighted by molar-refractivity contribution is 6.16. The number of alkyl halides is 3. The Hall–Kier alpha value is -4.98. The van der Waals surface area contributed by atoms with Crippen LogP contribution in [0.3, 0.4) is 0 Å². The maximum absolute atomic E-state index is 13.8. The lowest BCUT2D eigenvalue weighted by Crippen LogP contribution is -2.09. The third kappa shape index (κ3) is 5.71. The molecule has 0 radical (unpaired) electrons. The van der Waals surface area contributed by atoms with E-state index >= 15 is 0 Å². The van der Waals surface area contributed by atoms with Gasteiger partial charge in [-0.1, -0.05) is 72.8 Å². The van der Waals surface area contributed by atoms with Crippen molar-refractivity contribution in [1.82, 2.24) is 4.98 Å². The van der Waals surface area contributed by atoms with Crippen molar-refractivity contribution in [3.63, 3.8) is 0 Å². The Balaban J connectivity index is 1.56. The van der Waals surface area contributed by atoms with Crippen molar-refractivity contribution in [3.05, 3.63) is 131 Å². The molecule has 0 aliphatic heterocycles. The number of ketones is 1. The first-order valence-corrected chi connectivity index (χ1v) is 12.3. The van der Waals surface area contributed by atoms with Gasteiger partial charge >= 0.3 is 12.1 Å². The molecule has 0 amide bonds. The van der Waals surface area contributed by atoms with Gasteiger partial charge in [-0.05, 0) is 41.0 Å². The van der Waals surface area contributed by atoms with E-state index in [1.54, 1.807) is 72.8 Å². The third-order valence-electron chi connectivity index (χ3n) is 6.38. The fraction of sp³-hybridized carbons (Fsp3) is 0.0938. The van der Waals surface area contributed by atoms with E-state index in [4.69, 9.17) is 9.84 Å². The molecule has 0 atom stereocenters. The number of nitrogens with zero attached hydrogens (tertiary/aromatic N) is 1. The first-order valence-electron chi connectivity index (χ1n) is 12.3. The molecule has 8 heteroatoms. The highest BCUT2D eigenvalue weighted by Crippen LogP contribution is 2.39. The standard InChI is InChI=1S/C32H22F3NO4/c33-32(34,35)27-11-5-10-25-29(26(18-36-30(25)27)31(39)22-7-2-1-3-8-22)23-9-4-6-21(16-23)19-40-24-14-12-20(13-15-24)17-28(37)38/h1-16,18H,17,19H2,(H,37,38). The first kappa shape index (κ1) is 26.6. The number of halogens is 3. The molecular weight excluding hydrogens is 519 g/mol. The Labute approximate surface area is 227 Å². The summed E-state index contributed by atoms with van der Waals surface area (Å²) >= 11 is 0. The van der Waals surface area contributed by atoms with E-state index in [0.29, 0.717) is 28.0 Å². The van der Waals surface area contributed by atoms with E-state index in [0.717, 1.165) is 11.6 Å². The molecular formula is C32H22F3NO4. The number of pyridine rings is 1. The predicted octanol–water partition coefficient (Wildman–Crippen LogP) is 7.36. The van der Waals surface area contributed by atoms with Crippen LogP contribution in [0.15, 0.2) is 103 Å². The van der Waals surface area contributed by atoms with Crippen LogP contribution < -0.4 is 4.74 Å². The van der Waals surface area contributed by atoms with E-state index in [-0.39, 0.29) is 35.3 Å². The molecule has 0 fully saturated rings. The molecule has 4 aromatic carbocycles. The van der Waals surface area contributed by atoms with Crippen molar-refractivity contribution >= 4 is 22.7 Å². The maximum atomic E-state index is 13.8. The number of carboxylic acid groups (broad SMARTS) is 1. The Morgan fingerprint density at radius 3 is 2.25 bits per heavy atom. The summed E-state index contributed by atoms with van der Waals surface area (Å²) < 4.78 is 47.4. The van der Waals surface area contributed by atoms with Crippen molar-refractivity contribution < 1.29 is 32.6 Å². The van der Waals surface area contributed by atoms with E-state index < -0.39 is 17.7 Å². The Morgan fingerprint density at radius 1 is 0.825 bits per heavy atom. The molecule has 1 aromatic heterocycles. The number of hydrogen-bond donors (Lipinski definition) is 1. The fourth-order valence-corrected chi connectivity index (χ4v) is 4.54. The average Bonchev–Trinajstić information content (AvgIpc) is 2.95. The van der Waals surface area contributed by atoms with Gasteiger partial charge in [-0.3, -0.25) is 14.6 Å². The number of ether oxygens (including phenoxy) is 1. The lowest BCUT2D eigenvalue weighted by Gasteiger charge is -2.16. The minimum absolute atomic E-state index is 0.0949. The number of aromatic nitrogens is 1. The van der Waals surface area contributed by atoms with E-state index in [1.165, 1.54) is 18.3 Å². The van der Waals surface area contributed by atoms with Gasteiger partial charge in [0.05, 0.1) is 17.5 Å². The van der Waals surface area contributed by atoms with Crippen LogP contribution in [0.1, 0.15) is 32.6 Å². The molecule has 0 spiro atoms. The summed E-state index contributed by atoms with van der Waals surface area (Å²) in [5.74, 6) is -0.754. The normalized spacial score (nSPS) is 11.4.